The molecule has 2 aromatic heterocycles. The first kappa shape index (κ1) is 13.3. The van der Waals surface area contributed by atoms with Crippen molar-refractivity contribution >= 4 is 38.7 Å². The quantitative estimate of drug-likeness (QED) is 0.786. The fourth-order valence-electron chi connectivity index (χ4n) is 1.97. The van der Waals surface area contributed by atoms with Crippen molar-refractivity contribution in [2.45, 2.75) is 13.3 Å². The number of hydrogen-bond acceptors (Lipinski definition) is 4. The first-order valence-electron chi connectivity index (χ1n) is 6.50. The minimum absolute atomic E-state index is 0.0323. The Morgan fingerprint density at radius 2 is 2.20 bits per heavy atom. The monoisotopic (exact) mass is 302 g/mol. The summed E-state index contributed by atoms with van der Waals surface area (Å²) in [5.41, 5.74) is 1.12. The summed E-state index contributed by atoms with van der Waals surface area (Å²) in [4.78, 5) is 17.0. The van der Waals surface area contributed by atoms with Crippen LogP contribution in [-0.4, -0.2) is 17.4 Å². The van der Waals surface area contributed by atoms with Gasteiger partial charge in [0.25, 0.3) is 5.91 Å². The molecule has 1 amide bonds. The predicted molar refractivity (Wildman–Crippen MR) is 85.6 cm³/mol. The van der Waals surface area contributed by atoms with Gasteiger partial charge in [-0.1, -0.05) is 25.1 Å². The van der Waals surface area contributed by atoms with Crippen molar-refractivity contribution in [1.29, 1.82) is 0 Å². The largest absolute Gasteiger partial charge is 0.351 e. The van der Waals surface area contributed by atoms with Crippen LogP contribution in [0.2, 0.25) is 0 Å². The number of nitrogens with one attached hydrogen (secondary N) is 1. The number of nitrogens with zero attached hydrogens (tertiary/aromatic N) is 1. The number of thiophene rings is 1. The molecular weight excluding hydrogens is 288 g/mol. The average Bonchev–Trinajstić information content (AvgIpc) is 3.10. The Morgan fingerprint density at radius 3 is 3.05 bits per heavy atom. The molecule has 5 heteroatoms. The minimum Gasteiger partial charge on any atom is -0.351 e. The van der Waals surface area contributed by atoms with Crippen molar-refractivity contribution < 1.29 is 4.79 Å². The number of fused-ring (bicyclic) bond motifs is 1. The minimum atomic E-state index is -0.0323. The van der Waals surface area contributed by atoms with Gasteiger partial charge in [-0.2, -0.15) is 0 Å². The normalized spacial score (nSPS) is 10.8. The second kappa shape index (κ2) is 5.73. The van der Waals surface area contributed by atoms with Gasteiger partial charge < -0.3 is 5.32 Å². The van der Waals surface area contributed by atoms with Gasteiger partial charge in [-0.05, 0) is 12.5 Å². The van der Waals surface area contributed by atoms with E-state index in [1.165, 1.54) is 21.4 Å². The van der Waals surface area contributed by atoms with Gasteiger partial charge >= 0.3 is 0 Å². The zero-order valence-corrected chi connectivity index (χ0v) is 12.7. The Labute approximate surface area is 125 Å². The molecule has 0 unspecified atom stereocenters. The molecule has 1 aromatic carbocycles. The maximum atomic E-state index is 11.9. The third-order valence-electron chi connectivity index (χ3n) is 2.98. The van der Waals surface area contributed by atoms with Crippen LogP contribution in [0, 0.1) is 0 Å². The second-order valence-electron chi connectivity index (χ2n) is 4.43. The van der Waals surface area contributed by atoms with Crippen molar-refractivity contribution in [2.24, 2.45) is 0 Å². The lowest BCUT2D eigenvalue weighted by atomic mass is 10.2. The van der Waals surface area contributed by atoms with Crippen LogP contribution in [-0.2, 0) is 0 Å². The summed E-state index contributed by atoms with van der Waals surface area (Å²) < 4.78 is 1.25. The van der Waals surface area contributed by atoms with Gasteiger partial charge in [-0.15, -0.1) is 22.7 Å². The molecule has 0 atom stereocenters. The zero-order valence-electron chi connectivity index (χ0n) is 11.1. The second-order valence-corrected chi connectivity index (χ2v) is 6.37. The summed E-state index contributed by atoms with van der Waals surface area (Å²) in [5, 5.41) is 7.09. The number of hydrogen-bond donors (Lipinski definition) is 1. The number of rotatable bonds is 4. The topological polar surface area (TPSA) is 42.0 Å². The van der Waals surface area contributed by atoms with Gasteiger partial charge in [0.1, 0.15) is 9.88 Å². The summed E-state index contributed by atoms with van der Waals surface area (Å²) in [6, 6.07) is 8.26. The van der Waals surface area contributed by atoms with Gasteiger partial charge in [-0.3, -0.25) is 4.79 Å². The van der Waals surface area contributed by atoms with E-state index in [9.17, 15) is 4.79 Å². The van der Waals surface area contributed by atoms with Crippen LogP contribution in [0.5, 0.6) is 0 Å². The summed E-state index contributed by atoms with van der Waals surface area (Å²) in [7, 11) is 0. The van der Waals surface area contributed by atoms with Crippen LogP contribution in [0.1, 0.15) is 23.0 Å². The molecule has 2 heterocycles. The molecule has 3 aromatic rings. The van der Waals surface area contributed by atoms with Gasteiger partial charge in [-0.25, -0.2) is 4.98 Å². The number of carbonyl (C=O) groups is 1. The highest BCUT2D eigenvalue weighted by Gasteiger charge is 2.13. The van der Waals surface area contributed by atoms with Crippen LogP contribution in [0.25, 0.3) is 20.7 Å². The summed E-state index contributed by atoms with van der Waals surface area (Å²) in [5.74, 6) is -0.0323. The number of thiazole rings is 1. The van der Waals surface area contributed by atoms with E-state index in [4.69, 9.17) is 0 Å². The van der Waals surface area contributed by atoms with Crippen molar-refractivity contribution in [3.63, 3.8) is 0 Å². The molecule has 0 aliphatic heterocycles. The number of carbonyl (C=O) groups excluding carboxylic acids is 1. The Bertz CT molecular complexity index is 745. The molecule has 20 heavy (non-hydrogen) atoms. The molecule has 0 bridgehead atoms. The summed E-state index contributed by atoms with van der Waals surface area (Å²) in [6.45, 7) is 2.74. The van der Waals surface area contributed by atoms with E-state index in [0.29, 0.717) is 11.4 Å². The first-order chi connectivity index (χ1) is 9.79. The third kappa shape index (κ3) is 2.46. The molecule has 0 spiro atoms. The first-order valence-corrected chi connectivity index (χ1v) is 8.20. The number of benzene rings is 1. The van der Waals surface area contributed by atoms with E-state index >= 15 is 0 Å². The van der Waals surface area contributed by atoms with E-state index < -0.39 is 0 Å². The highest BCUT2D eigenvalue weighted by atomic mass is 32.1. The van der Waals surface area contributed by atoms with E-state index in [2.05, 4.69) is 27.8 Å². The predicted octanol–water partition coefficient (Wildman–Crippen LogP) is 4.16. The maximum absolute atomic E-state index is 11.9. The maximum Gasteiger partial charge on any atom is 0.263 e. The van der Waals surface area contributed by atoms with Crippen LogP contribution in [0.15, 0.2) is 35.8 Å². The Kier molecular flexibility index (Phi) is 3.80. The van der Waals surface area contributed by atoms with E-state index in [0.717, 1.165) is 17.0 Å². The molecular formula is C15H14N2OS2. The van der Waals surface area contributed by atoms with Gasteiger partial charge in [0, 0.05) is 27.6 Å². The van der Waals surface area contributed by atoms with Crippen molar-refractivity contribution in [3.8, 4) is 10.6 Å². The van der Waals surface area contributed by atoms with Crippen LogP contribution in [0.4, 0.5) is 0 Å². The van der Waals surface area contributed by atoms with Crippen LogP contribution >= 0.6 is 22.7 Å². The average molecular weight is 302 g/mol. The summed E-state index contributed by atoms with van der Waals surface area (Å²) in [6.07, 6.45) is 2.60. The smallest absolute Gasteiger partial charge is 0.263 e. The molecule has 0 radical (unpaired) electrons. The molecule has 0 saturated carbocycles. The van der Waals surface area contributed by atoms with Crippen molar-refractivity contribution in [3.05, 3.63) is 40.7 Å². The van der Waals surface area contributed by atoms with E-state index in [1.807, 2.05) is 19.1 Å². The molecule has 3 rings (SSSR count). The highest BCUT2D eigenvalue weighted by Crippen LogP contribution is 2.35. The Hall–Kier alpha value is -1.72. The number of aromatic nitrogens is 1. The van der Waals surface area contributed by atoms with Crippen LogP contribution in [0.3, 0.4) is 0 Å². The molecule has 0 fully saturated rings. The standard InChI is InChI=1S/C15H14N2OS2/c1-2-7-16-14(18)13-8-17-15(20-13)11-9-19-12-6-4-3-5-10(11)12/h3-6,8-9H,2,7H2,1H3,(H,16,18). The molecule has 0 aliphatic carbocycles. The fraction of sp³-hybridized carbons (Fsp3) is 0.200. The molecule has 0 saturated heterocycles. The van der Waals surface area contributed by atoms with E-state index in [-0.39, 0.29) is 5.91 Å². The van der Waals surface area contributed by atoms with Crippen LogP contribution < -0.4 is 5.32 Å². The van der Waals surface area contributed by atoms with Gasteiger partial charge in [0.05, 0.1) is 6.20 Å². The van der Waals surface area contributed by atoms with Gasteiger partial charge in [0.15, 0.2) is 0 Å². The highest BCUT2D eigenvalue weighted by molar-refractivity contribution is 7.19. The number of amides is 1. The molecule has 1 N–H and O–H groups in total. The summed E-state index contributed by atoms with van der Waals surface area (Å²) >= 11 is 3.15. The van der Waals surface area contributed by atoms with E-state index in [1.54, 1.807) is 17.5 Å². The van der Waals surface area contributed by atoms with Crippen molar-refractivity contribution in [1.82, 2.24) is 10.3 Å². The van der Waals surface area contributed by atoms with Gasteiger partial charge in [0.2, 0.25) is 0 Å². The van der Waals surface area contributed by atoms with Crippen molar-refractivity contribution in [2.75, 3.05) is 6.54 Å². The molecule has 0 aliphatic rings. The zero-order chi connectivity index (χ0) is 13.9. The Balaban J connectivity index is 1.92. The Morgan fingerprint density at radius 1 is 1.35 bits per heavy atom. The third-order valence-corrected chi connectivity index (χ3v) is 4.97. The lowest BCUT2D eigenvalue weighted by Crippen LogP contribution is -2.22. The lowest BCUT2D eigenvalue weighted by Gasteiger charge is -1.98. The molecule has 3 nitrogen and oxygen atoms in total. The lowest BCUT2D eigenvalue weighted by molar-refractivity contribution is 0.0957. The molecule has 102 valence electrons. The SMILES string of the molecule is CCCNC(=O)c1cnc(-c2csc3ccccc23)s1. The fourth-order valence-corrected chi connectivity index (χ4v) is 3.86.